The second kappa shape index (κ2) is 3.30. The number of nitrogens with zero attached hydrogens (tertiary/aromatic N) is 2. The highest BCUT2D eigenvalue weighted by molar-refractivity contribution is 5.04. The minimum atomic E-state index is 0.961. The summed E-state index contributed by atoms with van der Waals surface area (Å²) in [4.78, 5) is 7.92. The van der Waals surface area contributed by atoms with Crippen LogP contribution in [0.1, 0.15) is 19.5 Å². The summed E-state index contributed by atoms with van der Waals surface area (Å²) in [6, 6.07) is 1.94. The van der Waals surface area contributed by atoms with E-state index in [4.69, 9.17) is 0 Å². The Labute approximate surface area is 61.3 Å². The number of rotatable bonds is 2. The van der Waals surface area contributed by atoms with Crippen molar-refractivity contribution in [2.45, 2.75) is 20.3 Å². The van der Waals surface area contributed by atoms with E-state index in [-0.39, 0.29) is 0 Å². The standard InChI is InChI=1S/C8H11N2/c1-7(2)5-8-3-4-9-6-10-8/h3-4,6H,5H2,1-2H3. The molecule has 1 heterocycles. The van der Waals surface area contributed by atoms with Gasteiger partial charge >= 0.3 is 0 Å². The van der Waals surface area contributed by atoms with E-state index in [0.29, 0.717) is 0 Å². The van der Waals surface area contributed by atoms with Crippen molar-refractivity contribution in [2.75, 3.05) is 0 Å². The lowest BCUT2D eigenvalue weighted by Crippen LogP contribution is -1.94. The third-order valence-electron chi connectivity index (χ3n) is 1.18. The summed E-state index contributed by atoms with van der Waals surface area (Å²) in [6.07, 6.45) is 4.31. The van der Waals surface area contributed by atoms with Crippen LogP contribution in [-0.4, -0.2) is 9.97 Å². The maximum Gasteiger partial charge on any atom is 0.115 e. The van der Waals surface area contributed by atoms with Crippen LogP contribution in [0, 0.1) is 5.92 Å². The predicted octanol–water partition coefficient (Wildman–Crippen LogP) is 1.63. The predicted molar refractivity (Wildman–Crippen MR) is 40.3 cm³/mol. The third-order valence-corrected chi connectivity index (χ3v) is 1.18. The van der Waals surface area contributed by atoms with Crippen molar-refractivity contribution in [3.05, 3.63) is 30.2 Å². The Bertz CT molecular complexity index is 182. The molecule has 0 aromatic carbocycles. The molecule has 1 rings (SSSR count). The molecule has 0 atom stereocenters. The zero-order chi connectivity index (χ0) is 7.40. The molecule has 53 valence electrons. The first-order valence-corrected chi connectivity index (χ1v) is 3.33. The van der Waals surface area contributed by atoms with Gasteiger partial charge in [-0.15, -0.1) is 0 Å². The van der Waals surface area contributed by atoms with Gasteiger partial charge in [0.25, 0.3) is 0 Å². The molecule has 0 N–H and O–H groups in total. The van der Waals surface area contributed by atoms with Gasteiger partial charge in [-0.1, -0.05) is 13.8 Å². The summed E-state index contributed by atoms with van der Waals surface area (Å²) >= 11 is 0. The average molecular weight is 135 g/mol. The summed E-state index contributed by atoms with van der Waals surface area (Å²) in [6.45, 7) is 4.20. The zero-order valence-electron chi connectivity index (χ0n) is 6.33. The highest BCUT2D eigenvalue weighted by atomic mass is 14.8. The van der Waals surface area contributed by atoms with Crippen molar-refractivity contribution in [3.63, 3.8) is 0 Å². The van der Waals surface area contributed by atoms with Crippen molar-refractivity contribution in [2.24, 2.45) is 0 Å². The van der Waals surface area contributed by atoms with Gasteiger partial charge in [-0.05, 0) is 18.4 Å². The maximum atomic E-state index is 4.09. The summed E-state index contributed by atoms with van der Waals surface area (Å²) in [5.74, 6) is 1.37. The monoisotopic (exact) mass is 135 g/mol. The highest BCUT2D eigenvalue weighted by Crippen LogP contribution is 2.04. The number of hydrogen-bond acceptors (Lipinski definition) is 2. The average Bonchev–Trinajstić information content (AvgIpc) is 1.88. The Morgan fingerprint density at radius 3 is 2.80 bits per heavy atom. The van der Waals surface area contributed by atoms with Crippen LogP contribution in [0.2, 0.25) is 0 Å². The molecule has 0 unspecified atom stereocenters. The fourth-order valence-electron chi connectivity index (χ4n) is 0.785. The van der Waals surface area contributed by atoms with Gasteiger partial charge in [-0.3, -0.25) is 0 Å². The quantitative estimate of drug-likeness (QED) is 0.616. The van der Waals surface area contributed by atoms with E-state index in [2.05, 4.69) is 23.8 Å². The molecule has 2 heteroatoms. The van der Waals surface area contributed by atoms with Crippen LogP contribution in [0.5, 0.6) is 0 Å². The second-order valence-electron chi connectivity index (χ2n) is 2.58. The van der Waals surface area contributed by atoms with E-state index in [0.717, 1.165) is 12.1 Å². The lowest BCUT2D eigenvalue weighted by Gasteiger charge is -2.00. The van der Waals surface area contributed by atoms with Crippen LogP contribution in [-0.2, 0) is 6.42 Å². The molecule has 0 aliphatic heterocycles. The molecule has 0 aliphatic carbocycles. The Kier molecular flexibility index (Phi) is 2.37. The van der Waals surface area contributed by atoms with E-state index in [1.54, 1.807) is 12.5 Å². The Morgan fingerprint density at radius 1 is 1.50 bits per heavy atom. The molecule has 1 aromatic rings. The van der Waals surface area contributed by atoms with E-state index < -0.39 is 0 Å². The molecule has 10 heavy (non-hydrogen) atoms. The molecule has 1 radical (unpaired) electrons. The topological polar surface area (TPSA) is 25.8 Å². The van der Waals surface area contributed by atoms with Gasteiger partial charge in [0, 0.05) is 11.9 Å². The van der Waals surface area contributed by atoms with Crippen molar-refractivity contribution < 1.29 is 0 Å². The summed E-state index contributed by atoms with van der Waals surface area (Å²) in [5.41, 5.74) is 1.09. The molecule has 0 spiro atoms. The van der Waals surface area contributed by atoms with Crippen LogP contribution >= 0.6 is 0 Å². The first-order valence-electron chi connectivity index (χ1n) is 3.33. The van der Waals surface area contributed by atoms with Crippen molar-refractivity contribution in [3.8, 4) is 0 Å². The van der Waals surface area contributed by atoms with Crippen LogP contribution in [0.4, 0.5) is 0 Å². The minimum absolute atomic E-state index is 0.961. The molecule has 0 bridgehead atoms. The number of aromatic nitrogens is 2. The normalized spacial score (nSPS) is 10.3. The van der Waals surface area contributed by atoms with Gasteiger partial charge in [0.2, 0.25) is 0 Å². The molecule has 0 fully saturated rings. The van der Waals surface area contributed by atoms with E-state index in [1.165, 1.54) is 5.92 Å². The summed E-state index contributed by atoms with van der Waals surface area (Å²) in [5, 5.41) is 0. The molecule has 2 nitrogen and oxygen atoms in total. The molecular formula is C8H11N2. The fraction of sp³-hybridized carbons (Fsp3) is 0.375. The fourth-order valence-corrected chi connectivity index (χ4v) is 0.785. The van der Waals surface area contributed by atoms with Crippen LogP contribution in [0.3, 0.4) is 0 Å². The van der Waals surface area contributed by atoms with Gasteiger partial charge in [0.05, 0.1) is 0 Å². The first kappa shape index (κ1) is 7.19. The minimum Gasteiger partial charge on any atom is -0.245 e. The molecule has 0 aliphatic rings. The van der Waals surface area contributed by atoms with Crippen molar-refractivity contribution >= 4 is 0 Å². The molecular weight excluding hydrogens is 124 g/mol. The molecule has 0 saturated heterocycles. The van der Waals surface area contributed by atoms with E-state index in [9.17, 15) is 0 Å². The van der Waals surface area contributed by atoms with Crippen LogP contribution in [0.15, 0.2) is 18.6 Å². The Morgan fingerprint density at radius 2 is 2.30 bits per heavy atom. The molecule has 1 aromatic heterocycles. The first-order chi connectivity index (χ1) is 4.79. The van der Waals surface area contributed by atoms with Crippen LogP contribution in [0.25, 0.3) is 0 Å². The van der Waals surface area contributed by atoms with Crippen molar-refractivity contribution in [1.82, 2.24) is 9.97 Å². The second-order valence-corrected chi connectivity index (χ2v) is 2.58. The number of hydrogen-bond donors (Lipinski definition) is 0. The van der Waals surface area contributed by atoms with E-state index in [1.807, 2.05) is 6.07 Å². The van der Waals surface area contributed by atoms with Crippen LogP contribution < -0.4 is 0 Å². The third kappa shape index (κ3) is 2.13. The van der Waals surface area contributed by atoms with Gasteiger partial charge < -0.3 is 0 Å². The van der Waals surface area contributed by atoms with Gasteiger partial charge in [0.15, 0.2) is 0 Å². The highest BCUT2D eigenvalue weighted by Gasteiger charge is 1.96. The van der Waals surface area contributed by atoms with Gasteiger partial charge in [-0.2, -0.15) is 0 Å². The van der Waals surface area contributed by atoms with Crippen molar-refractivity contribution in [1.29, 1.82) is 0 Å². The molecule has 0 saturated carbocycles. The lowest BCUT2D eigenvalue weighted by molar-refractivity contribution is 0.904. The largest absolute Gasteiger partial charge is 0.245 e. The SMILES string of the molecule is C[C](C)Cc1ccncn1. The van der Waals surface area contributed by atoms with E-state index >= 15 is 0 Å². The summed E-state index contributed by atoms with van der Waals surface area (Å²) < 4.78 is 0. The Balaban J connectivity index is 2.59. The Hall–Kier alpha value is -0.920. The summed E-state index contributed by atoms with van der Waals surface area (Å²) in [7, 11) is 0. The maximum absolute atomic E-state index is 4.09. The smallest absolute Gasteiger partial charge is 0.115 e. The van der Waals surface area contributed by atoms with Gasteiger partial charge in [0.1, 0.15) is 6.33 Å². The molecule has 0 amide bonds. The zero-order valence-corrected chi connectivity index (χ0v) is 6.33. The lowest BCUT2D eigenvalue weighted by atomic mass is 10.1. The van der Waals surface area contributed by atoms with Gasteiger partial charge in [-0.25, -0.2) is 9.97 Å².